The van der Waals surface area contributed by atoms with E-state index < -0.39 is 0 Å². The molecule has 0 unspecified atom stereocenters. The van der Waals surface area contributed by atoms with Gasteiger partial charge in [-0.3, -0.25) is 4.79 Å². The number of nitrogens with zero attached hydrogens (tertiary/aromatic N) is 1. The number of hydrogen-bond acceptors (Lipinski definition) is 5. The van der Waals surface area contributed by atoms with E-state index in [1.54, 1.807) is 0 Å². The Labute approximate surface area is 156 Å². The Morgan fingerprint density at radius 3 is 2.69 bits per heavy atom. The molecule has 1 N–H and O–H groups in total. The van der Waals surface area contributed by atoms with Gasteiger partial charge < -0.3 is 24.2 Å². The molecule has 0 aromatic carbocycles. The second-order valence-corrected chi connectivity index (χ2v) is 7.58. The molecule has 2 atom stereocenters. The van der Waals surface area contributed by atoms with Crippen LogP contribution < -0.4 is 0 Å². The number of unbranched alkanes of at least 4 members (excludes halogenated alkanes) is 1. The molecule has 3 rings (SSSR count). The van der Waals surface area contributed by atoms with Crippen LogP contribution in [0.2, 0.25) is 0 Å². The highest BCUT2D eigenvalue weighted by molar-refractivity contribution is 5.91. The number of amides is 1. The lowest BCUT2D eigenvalue weighted by Crippen LogP contribution is -2.43. The predicted octanol–water partition coefficient (Wildman–Crippen LogP) is 2.46. The van der Waals surface area contributed by atoms with Gasteiger partial charge in [-0.2, -0.15) is 0 Å². The van der Waals surface area contributed by atoms with Gasteiger partial charge >= 0.3 is 0 Å². The first-order valence-corrected chi connectivity index (χ1v) is 10.3. The van der Waals surface area contributed by atoms with E-state index in [-0.39, 0.29) is 18.8 Å². The van der Waals surface area contributed by atoms with Gasteiger partial charge in [0.2, 0.25) is 6.29 Å². The normalized spacial score (nSPS) is 27.7. The average Bonchev–Trinajstić information content (AvgIpc) is 2.72. The Morgan fingerprint density at radius 1 is 1.19 bits per heavy atom. The van der Waals surface area contributed by atoms with E-state index in [1.165, 1.54) is 32.1 Å². The third kappa shape index (κ3) is 5.44. The first-order chi connectivity index (χ1) is 12.8. The van der Waals surface area contributed by atoms with E-state index in [0.29, 0.717) is 50.5 Å². The fraction of sp³-hybridized carbons (Fsp3) is 0.850. The van der Waals surface area contributed by atoms with Crippen molar-refractivity contribution in [2.45, 2.75) is 57.7 Å². The number of allylic oxidation sites excluding steroid dienone is 1. The summed E-state index contributed by atoms with van der Waals surface area (Å²) in [6.45, 7) is 3.16. The topological polar surface area (TPSA) is 68.2 Å². The van der Waals surface area contributed by atoms with Crippen LogP contribution in [0.4, 0.5) is 0 Å². The molecule has 1 amide bonds. The van der Waals surface area contributed by atoms with E-state index >= 15 is 0 Å². The van der Waals surface area contributed by atoms with E-state index in [1.807, 2.05) is 4.90 Å². The third-order valence-corrected chi connectivity index (χ3v) is 5.71. The Hall–Kier alpha value is -1.11. The summed E-state index contributed by atoms with van der Waals surface area (Å²) in [4.78, 5) is 14.7. The number of hydrogen-bond donors (Lipinski definition) is 1. The molecule has 148 valence electrons. The maximum atomic E-state index is 12.9. The molecule has 0 spiro atoms. The standard InChI is InChI=1S/C20H33NO5/c22-10-4-5-11-25-19-15-17(16-6-2-1-3-7-16)14-18(26-19)20(23)21-8-12-24-13-9-21/h14,16-17,19,22H,1-13,15H2/t17-,19+/m1/s1. The van der Waals surface area contributed by atoms with Crippen LogP contribution in [0.5, 0.6) is 0 Å². The van der Waals surface area contributed by atoms with Crippen LogP contribution in [0.3, 0.4) is 0 Å². The summed E-state index contributed by atoms with van der Waals surface area (Å²) in [5.74, 6) is 1.41. The van der Waals surface area contributed by atoms with Crippen LogP contribution in [0, 0.1) is 11.8 Å². The first kappa shape index (κ1) is 19.6. The number of aliphatic hydroxyl groups excluding tert-OH is 1. The van der Waals surface area contributed by atoms with Gasteiger partial charge in [0, 0.05) is 26.1 Å². The summed E-state index contributed by atoms with van der Waals surface area (Å²) < 4.78 is 17.2. The summed E-state index contributed by atoms with van der Waals surface area (Å²) in [5, 5.41) is 8.92. The van der Waals surface area contributed by atoms with Crippen LogP contribution in [0.25, 0.3) is 0 Å². The van der Waals surface area contributed by atoms with Crippen LogP contribution in [-0.4, -0.2) is 61.7 Å². The number of aliphatic hydroxyl groups is 1. The van der Waals surface area contributed by atoms with Crippen molar-refractivity contribution in [2.75, 3.05) is 39.5 Å². The van der Waals surface area contributed by atoms with Gasteiger partial charge in [-0.05, 0) is 43.6 Å². The lowest BCUT2D eigenvalue weighted by molar-refractivity contribution is -0.159. The van der Waals surface area contributed by atoms with Gasteiger partial charge in [0.25, 0.3) is 5.91 Å². The minimum Gasteiger partial charge on any atom is -0.459 e. The van der Waals surface area contributed by atoms with Crippen molar-refractivity contribution in [3.05, 3.63) is 11.8 Å². The van der Waals surface area contributed by atoms with Crippen LogP contribution in [0.15, 0.2) is 11.8 Å². The molecule has 0 aromatic heterocycles. The van der Waals surface area contributed by atoms with Gasteiger partial charge in [0.05, 0.1) is 19.8 Å². The predicted molar refractivity (Wildman–Crippen MR) is 97.3 cm³/mol. The molecular formula is C20H33NO5. The summed E-state index contributed by atoms with van der Waals surface area (Å²) >= 11 is 0. The number of rotatable bonds is 7. The zero-order valence-corrected chi connectivity index (χ0v) is 15.7. The number of carbonyl (C=O) groups is 1. The van der Waals surface area contributed by atoms with Gasteiger partial charge in [-0.15, -0.1) is 0 Å². The zero-order valence-electron chi connectivity index (χ0n) is 15.7. The molecule has 26 heavy (non-hydrogen) atoms. The molecule has 6 heteroatoms. The first-order valence-electron chi connectivity index (χ1n) is 10.3. The smallest absolute Gasteiger partial charge is 0.288 e. The molecule has 0 aromatic rings. The molecule has 0 radical (unpaired) electrons. The van der Waals surface area contributed by atoms with Crippen molar-refractivity contribution in [2.24, 2.45) is 11.8 Å². The minimum absolute atomic E-state index is 0.0298. The second kappa shape index (κ2) is 10.3. The van der Waals surface area contributed by atoms with Crippen molar-refractivity contribution >= 4 is 5.91 Å². The van der Waals surface area contributed by atoms with Crippen molar-refractivity contribution in [1.82, 2.24) is 4.90 Å². The summed E-state index contributed by atoms with van der Waals surface area (Å²) in [7, 11) is 0. The molecule has 1 saturated carbocycles. The lowest BCUT2D eigenvalue weighted by atomic mass is 9.77. The second-order valence-electron chi connectivity index (χ2n) is 7.58. The summed E-state index contributed by atoms with van der Waals surface area (Å²) in [6, 6.07) is 0. The molecule has 6 nitrogen and oxygen atoms in total. The summed E-state index contributed by atoms with van der Waals surface area (Å²) in [6.07, 6.45) is 10.4. The van der Waals surface area contributed by atoms with Crippen LogP contribution >= 0.6 is 0 Å². The summed E-state index contributed by atoms with van der Waals surface area (Å²) in [5.41, 5.74) is 0. The number of carbonyl (C=O) groups excluding carboxylic acids is 1. The fourth-order valence-corrected chi connectivity index (χ4v) is 4.18. The number of ether oxygens (including phenoxy) is 3. The Morgan fingerprint density at radius 2 is 1.96 bits per heavy atom. The number of morpholine rings is 1. The van der Waals surface area contributed by atoms with Gasteiger partial charge in [-0.25, -0.2) is 0 Å². The largest absolute Gasteiger partial charge is 0.459 e. The average molecular weight is 367 g/mol. The molecule has 1 aliphatic carbocycles. The molecule has 0 bridgehead atoms. The van der Waals surface area contributed by atoms with Gasteiger partial charge in [0.1, 0.15) is 0 Å². The Balaban J connectivity index is 1.64. The van der Waals surface area contributed by atoms with Crippen molar-refractivity contribution in [1.29, 1.82) is 0 Å². The van der Waals surface area contributed by atoms with Gasteiger partial charge in [0.15, 0.2) is 5.76 Å². The van der Waals surface area contributed by atoms with E-state index in [4.69, 9.17) is 19.3 Å². The molecule has 2 fully saturated rings. The molecule has 1 saturated heterocycles. The monoisotopic (exact) mass is 367 g/mol. The van der Waals surface area contributed by atoms with E-state index in [0.717, 1.165) is 19.3 Å². The molecular weight excluding hydrogens is 334 g/mol. The van der Waals surface area contributed by atoms with E-state index in [9.17, 15) is 4.79 Å². The van der Waals surface area contributed by atoms with Crippen LogP contribution in [-0.2, 0) is 19.0 Å². The SMILES string of the molecule is O=C(C1=C[C@@H](C2CCCCC2)C[C@@H](OCCCCO)O1)N1CCOCC1. The highest BCUT2D eigenvalue weighted by Crippen LogP contribution is 2.37. The quantitative estimate of drug-likeness (QED) is 0.700. The van der Waals surface area contributed by atoms with Crippen LogP contribution in [0.1, 0.15) is 51.4 Å². The lowest BCUT2D eigenvalue weighted by Gasteiger charge is -2.36. The molecule has 3 aliphatic rings. The zero-order chi connectivity index (χ0) is 18.2. The fourth-order valence-electron chi connectivity index (χ4n) is 4.18. The maximum absolute atomic E-state index is 12.9. The Bertz CT molecular complexity index is 469. The highest BCUT2D eigenvalue weighted by Gasteiger charge is 2.34. The van der Waals surface area contributed by atoms with Crippen molar-refractivity contribution < 1.29 is 24.1 Å². The highest BCUT2D eigenvalue weighted by atomic mass is 16.7. The van der Waals surface area contributed by atoms with E-state index in [2.05, 4.69) is 6.08 Å². The van der Waals surface area contributed by atoms with Crippen molar-refractivity contribution in [3.8, 4) is 0 Å². The minimum atomic E-state index is -0.356. The molecule has 2 aliphatic heterocycles. The Kier molecular flexibility index (Phi) is 7.77. The van der Waals surface area contributed by atoms with Gasteiger partial charge in [-0.1, -0.05) is 19.3 Å². The van der Waals surface area contributed by atoms with Crippen molar-refractivity contribution in [3.63, 3.8) is 0 Å². The molecule has 2 heterocycles. The third-order valence-electron chi connectivity index (χ3n) is 5.71. The maximum Gasteiger partial charge on any atom is 0.288 e.